The van der Waals surface area contributed by atoms with Crippen molar-refractivity contribution in [2.24, 2.45) is 0 Å². The van der Waals surface area contributed by atoms with Gasteiger partial charge in [-0.05, 0) is 0 Å². The van der Waals surface area contributed by atoms with Crippen LogP contribution in [0.4, 0.5) is 0 Å². The van der Waals surface area contributed by atoms with Crippen molar-refractivity contribution in [2.75, 3.05) is 0 Å². The van der Waals surface area contributed by atoms with E-state index in [-0.39, 0.29) is 80.1 Å². The zero-order valence-electron chi connectivity index (χ0n) is 1.38. The smallest absolute Gasteiger partial charge is 0 e. The van der Waals surface area contributed by atoms with E-state index < -0.39 is 0 Å². The van der Waals surface area contributed by atoms with Crippen LogP contribution in [-0.2, 0) is 71.7 Å². The van der Waals surface area contributed by atoms with Crippen LogP contribution in [0.3, 0.4) is 0 Å². The zero-order valence-corrected chi connectivity index (χ0v) is 7.35. The second-order valence-corrected chi connectivity index (χ2v) is 0. The molecular formula is H3BCuFeNiW. The molecule has 0 unspecified atom stereocenters. The Morgan fingerprint density at radius 1 is 1.00 bits per heavy atom. The van der Waals surface area contributed by atoms with Gasteiger partial charge in [0, 0.05) is 71.7 Å². The third-order valence-electron chi connectivity index (χ3n) is 0. The van der Waals surface area contributed by atoms with Crippen molar-refractivity contribution in [3.05, 3.63) is 0 Å². The predicted molar refractivity (Wildman–Crippen MR) is 9.94 cm³/mol. The van der Waals surface area contributed by atoms with Gasteiger partial charge in [-0.2, -0.15) is 0 Å². The van der Waals surface area contributed by atoms with E-state index in [1.165, 1.54) is 0 Å². The fraction of sp³-hybridized carbons (Fsp3) is 0. The predicted octanol–water partition coefficient (Wildman–Crippen LogP) is -1.19. The fourth-order valence-electron chi connectivity index (χ4n) is 0. The zero-order chi connectivity index (χ0) is 0. The molecular weight excluding hydrogens is 373 g/mol. The minimum absolute atomic E-state index is 0. The minimum atomic E-state index is 0. The molecule has 0 aromatic carbocycles. The topological polar surface area (TPSA) is 0 Å². The quantitative estimate of drug-likeness (QED) is 0.467. The maximum atomic E-state index is 0. The van der Waals surface area contributed by atoms with Crippen molar-refractivity contribution in [2.45, 2.75) is 0 Å². The second-order valence-electron chi connectivity index (χ2n) is 0. The number of rotatable bonds is 0. The Bertz CT molecular complexity index is 11.6. The van der Waals surface area contributed by atoms with Crippen LogP contribution >= 0.6 is 0 Å². The van der Waals surface area contributed by atoms with E-state index in [2.05, 4.69) is 0 Å². The minimum Gasteiger partial charge on any atom is 0 e. The molecule has 5 heavy (non-hydrogen) atoms. The van der Waals surface area contributed by atoms with E-state index in [9.17, 15) is 0 Å². The fourth-order valence-corrected chi connectivity index (χ4v) is 0. The van der Waals surface area contributed by atoms with Gasteiger partial charge in [-0.15, -0.1) is 0 Å². The number of hydrogen-bond donors (Lipinski definition) is 0. The van der Waals surface area contributed by atoms with Gasteiger partial charge >= 0.3 is 0 Å². The third-order valence-corrected chi connectivity index (χ3v) is 0. The molecule has 0 aliphatic carbocycles. The molecule has 0 bridgehead atoms. The summed E-state index contributed by atoms with van der Waals surface area (Å²) in [6, 6.07) is 0. The summed E-state index contributed by atoms with van der Waals surface area (Å²) in [6.07, 6.45) is 0. The van der Waals surface area contributed by atoms with Crippen molar-refractivity contribution in [1.29, 1.82) is 0 Å². The summed E-state index contributed by atoms with van der Waals surface area (Å²) in [5, 5.41) is 0. The summed E-state index contributed by atoms with van der Waals surface area (Å²) in [6.45, 7) is 0. The van der Waals surface area contributed by atoms with E-state index in [0.717, 1.165) is 0 Å². The molecule has 5 heteroatoms. The Morgan fingerprint density at radius 2 is 1.00 bits per heavy atom. The molecule has 0 atom stereocenters. The van der Waals surface area contributed by atoms with Crippen molar-refractivity contribution < 1.29 is 71.7 Å². The summed E-state index contributed by atoms with van der Waals surface area (Å²) in [5.74, 6) is 0. The molecule has 41 valence electrons. The largest absolute Gasteiger partial charge is 0.0814 e. The van der Waals surface area contributed by atoms with Gasteiger partial charge in [0.15, 0.2) is 0 Å². The van der Waals surface area contributed by atoms with E-state index in [0.29, 0.717) is 0 Å². The van der Waals surface area contributed by atoms with Gasteiger partial charge in [0.05, 0.1) is 8.41 Å². The maximum absolute atomic E-state index is 0. The summed E-state index contributed by atoms with van der Waals surface area (Å²) < 4.78 is 0. The molecule has 0 amide bonds. The van der Waals surface area contributed by atoms with Crippen LogP contribution in [0.5, 0.6) is 0 Å². The van der Waals surface area contributed by atoms with Crippen molar-refractivity contribution in [1.82, 2.24) is 0 Å². The Labute approximate surface area is 79.3 Å². The molecule has 0 nitrogen and oxygen atoms in total. The van der Waals surface area contributed by atoms with Gasteiger partial charge in [0.1, 0.15) is 0 Å². The molecule has 0 aromatic heterocycles. The summed E-state index contributed by atoms with van der Waals surface area (Å²) >= 11 is 0. The van der Waals surface area contributed by atoms with E-state index in [4.69, 9.17) is 0 Å². The Balaban J connectivity index is 0. The van der Waals surface area contributed by atoms with Crippen LogP contribution in [-0.4, -0.2) is 8.41 Å². The molecule has 0 saturated heterocycles. The Morgan fingerprint density at radius 3 is 1.00 bits per heavy atom. The monoisotopic (exact) mass is 375 g/mol. The molecule has 0 aliphatic heterocycles. The normalized spacial score (nSPS) is 0. The molecule has 0 spiro atoms. The summed E-state index contributed by atoms with van der Waals surface area (Å²) in [7, 11) is 0. The van der Waals surface area contributed by atoms with Gasteiger partial charge < -0.3 is 0 Å². The maximum Gasteiger partial charge on any atom is 0.0814 e. The van der Waals surface area contributed by atoms with Gasteiger partial charge in [0.2, 0.25) is 0 Å². The molecule has 0 N–H and O–H groups in total. The van der Waals surface area contributed by atoms with E-state index >= 15 is 0 Å². The number of hydrogen-bond acceptors (Lipinski definition) is 0. The first kappa shape index (κ1) is 55.1. The third kappa shape index (κ3) is 22.1. The summed E-state index contributed by atoms with van der Waals surface area (Å²) in [4.78, 5) is 0. The van der Waals surface area contributed by atoms with Gasteiger partial charge in [-0.3, -0.25) is 0 Å². The summed E-state index contributed by atoms with van der Waals surface area (Å²) in [5.41, 5.74) is 0. The molecule has 0 aromatic rings. The van der Waals surface area contributed by atoms with E-state index in [1.807, 2.05) is 0 Å². The molecule has 0 fully saturated rings. The van der Waals surface area contributed by atoms with Crippen LogP contribution in [0.1, 0.15) is 0 Å². The molecule has 0 aliphatic rings. The average molecular weight is 376 g/mol. The first-order valence-electron chi connectivity index (χ1n) is 0. The first-order chi connectivity index (χ1) is 0. The van der Waals surface area contributed by atoms with Crippen LogP contribution in [0.2, 0.25) is 0 Å². The molecule has 0 saturated carbocycles. The molecule has 0 rings (SSSR count). The van der Waals surface area contributed by atoms with Crippen molar-refractivity contribution in [3.63, 3.8) is 0 Å². The first-order valence-corrected chi connectivity index (χ1v) is 0. The van der Waals surface area contributed by atoms with Crippen LogP contribution in [0, 0.1) is 0 Å². The average Bonchev–Trinajstić information content (AvgIpc) is 0. The molecule has 0 heterocycles. The van der Waals surface area contributed by atoms with E-state index in [1.54, 1.807) is 0 Å². The molecule has 1 radical (unpaired) electrons. The van der Waals surface area contributed by atoms with Crippen molar-refractivity contribution >= 4 is 8.41 Å². The second kappa shape index (κ2) is 33.6. The van der Waals surface area contributed by atoms with Gasteiger partial charge in [0.25, 0.3) is 0 Å². The van der Waals surface area contributed by atoms with Crippen molar-refractivity contribution in [3.8, 4) is 0 Å². The van der Waals surface area contributed by atoms with Gasteiger partial charge in [-0.25, -0.2) is 0 Å². The van der Waals surface area contributed by atoms with Crippen LogP contribution in [0.25, 0.3) is 0 Å². The standard InChI is InChI=1S/BH3.Cu.Fe.Ni.W/h1H3;;;;. The van der Waals surface area contributed by atoms with Crippen LogP contribution in [0.15, 0.2) is 0 Å². The Kier molecular flexibility index (Phi) is 370. The van der Waals surface area contributed by atoms with Gasteiger partial charge in [-0.1, -0.05) is 0 Å². The SMILES string of the molecule is B.[Cu].[Fe].[Ni].[W]. The van der Waals surface area contributed by atoms with Crippen LogP contribution < -0.4 is 0 Å². The Hall–Kier alpha value is 2.29.